The maximum atomic E-state index is 12.4. The van der Waals surface area contributed by atoms with E-state index in [2.05, 4.69) is 33.0 Å². The maximum Gasteiger partial charge on any atom is 0.264 e. The third-order valence-electron chi connectivity index (χ3n) is 3.24. The van der Waals surface area contributed by atoms with E-state index in [4.69, 9.17) is 0 Å². The molecule has 0 atom stereocenters. The first-order chi connectivity index (χ1) is 7.89. The molecule has 1 aromatic rings. The number of hydrogen-bond acceptors (Lipinski definition) is 3. The maximum absolute atomic E-state index is 12.4. The molecule has 2 heterocycles. The summed E-state index contributed by atoms with van der Waals surface area (Å²) in [5, 5.41) is 3.42. The summed E-state index contributed by atoms with van der Waals surface area (Å²) in [4.78, 5) is 16.4. The second-order valence-electron chi connectivity index (χ2n) is 5.39. The Labute approximate surface area is 107 Å². The van der Waals surface area contributed by atoms with Crippen molar-refractivity contribution in [2.75, 3.05) is 19.6 Å². The van der Waals surface area contributed by atoms with Gasteiger partial charge in [0.15, 0.2) is 0 Å². The van der Waals surface area contributed by atoms with Crippen molar-refractivity contribution in [3.8, 4) is 0 Å². The molecule has 4 heteroatoms. The molecule has 1 aliphatic rings. The van der Waals surface area contributed by atoms with Gasteiger partial charge in [-0.3, -0.25) is 4.79 Å². The second-order valence-corrected chi connectivity index (χ2v) is 6.64. The number of carbonyl (C=O) groups excluding carboxylic acids is 1. The van der Waals surface area contributed by atoms with Crippen molar-refractivity contribution in [3.63, 3.8) is 0 Å². The monoisotopic (exact) mass is 252 g/mol. The van der Waals surface area contributed by atoms with Gasteiger partial charge in [0.1, 0.15) is 0 Å². The summed E-state index contributed by atoms with van der Waals surface area (Å²) in [6.45, 7) is 10.9. The molecule has 0 saturated carbocycles. The molecule has 1 saturated heterocycles. The lowest BCUT2D eigenvalue weighted by molar-refractivity contribution is 0.0657. The predicted octanol–water partition coefficient (Wildman–Crippen LogP) is 2.19. The van der Waals surface area contributed by atoms with E-state index in [0.29, 0.717) is 0 Å². The minimum Gasteiger partial charge on any atom is -0.335 e. The fourth-order valence-corrected chi connectivity index (χ4v) is 3.15. The molecule has 3 nitrogen and oxygen atoms in total. The van der Waals surface area contributed by atoms with Crippen molar-refractivity contribution in [2.24, 2.45) is 0 Å². The van der Waals surface area contributed by atoms with Crippen LogP contribution in [-0.4, -0.2) is 36.0 Å². The lowest BCUT2D eigenvalue weighted by Gasteiger charge is -2.38. The number of carbonyl (C=O) groups is 1. The fraction of sp³-hybridized carbons (Fsp3) is 0.615. The summed E-state index contributed by atoms with van der Waals surface area (Å²) in [5.74, 6) is 0.181. The zero-order chi connectivity index (χ0) is 12.6. The zero-order valence-electron chi connectivity index (χ0n) is 11.0. The third-order valence-corrected chi connectivity index (χ3v) is 4.38. The van der Waals surface area contributed by atoms with Crippen LogP contribution in [-0.2, 0) is 0 Å². The first kappa shape index (κ1) is 12.6. The van der Waals surface area contributed by atoms with Crippen molar-refractivity contribution in [1.82, 2.24) is 10.2 Å². The highest BCUT2D eigenvalue weighted by Crippen LogP contribution is 2.23. The third kappa shape index (κ3) is 2.69. The standard InChI is InChI=1S/C13H20N2OS/c1-9-7-11(17-10(9)2)12(16)15-6-5-14-13(3,4)8-15/h7,14H,5-6,8H2,1-4H3. The Morgan fingerprint density at radius 1 is 1.47 bits per heavy atom. The van der Waals surface area contributed by atoms with Gasteiger partial charge in [0.05, 0.1) is 4.88 Å². The Bertz CT molecular complexity index is 417. The molecule has 94 valence electrons. The lowest BCUT2D eigenvalue weighted by atomic mass is 10.0. The first-order valence-electron chi connectivity index (χ1n) is 6.00. The van der Waals surface area contributed by atoms with Gasteiger partial charge in [-0.05, 0) is 39.3 Å². The summed E-state index contributed by atoms with van der Waals surface area (Å²) in [6, 6.07) is 2.01. The fourth-order valence-electron chi connectivity index (χ4n) is 2.15. The van der Waals surface area contributed by atoms with Crippen molar-refractivity contribution in [3.05, 3.63) is 21.4 Å². The van der Waals surface area contributed by atoms with Gasteiger partial charge in [0, 0.05) is 30.1 Å². The number of piperazine rings is 1. The molecule has 2 rings (SSSR count). The number of aryl methyl sites for hydroxylation is 2. The van der Waals surface area contributed by atoms with Crippen molar-refractivity contribution in [1.29, 1.82) is 0 Å². The molecule has 1 aromatic heterocycles. The lowest BCUT2D eigenvalue weighted by Crippen LogP contribution is -2.58. The van der Waals surface area contributed by atoms with E-state index >= 15 is 0 Å². The highest BCUT2D eigenvalue weighted by Gasteiger charge is 2.29. The largest absolute Gasteiger partial charge is 0.335 e. The van der Waals surface area contributed by atoms with Crippen molar-refractivity contribution >= 4 is 17.2 Å². The number of rotatable bonds is 1. The number of hydrogen-bond donors (Lipinski definition) is 1. The Kier molecular flexibility index (Phi) is 3.27. The molecule has 0 spiro atoms. The van der Waals surface area contributed by atoms with Gasteiger partial charge in [-0.25, -0.2) is 0 Å². The quantitative estimate of drug-likeness (QED) is 0.831. The molecule has 0 bridgehead atoms. The van der Waals surface area contributed by atoms with Crippen LogP contribution < -0.4 is 5.32 Å². The highest BCUT2D eigenvalue weighted by molar-refractivity contribution is 7.14. The summed E-state index contributed by atoms with van der Waals surface area (Å²) in [5.41, 5.74) is 1.24. The Balaban J connectivity index is 2.15. The Morgan fingerprint density at radius 3 is 2.71 bits per heavy atom. The van der Waals surface area contributed by atoms with Crippen LogP contribution in [0.4, 0.5) is 0 Å². The molecule has 1 fully saturated rings. The van der Waals surface area contributed by atoms with E-state index in [1.165, 1.54) is 10.4 Å². The number of nitrogens with zero attached hydrogens (tertiary/aromatic N) is 1. The molecule has 0 unspecified atom stereocenters. The molecule has 0 aromatic carbocycles. The van der Waals surface area contributed by atoms with Gasteiger partial charge in [0.2, 0.25) is 0 Å². The van der Waals surface area contributed by atoms with E-state index in [1.54, 1.807) is 11.3 Å². The van der Waals surface area contributed by atoms with Gasteiger partial charge >= 0.3 is 0 Å². The van der Waals surface area contributed by atoms with Crippen LogP contribution in [0.1, 0.15) is 34.0 Å². The van der Waals surface area contributed by atoms with Crippen molar-refractivity contribution in [2.45, 2.75) is 33.2 Å². The number of amides is 1. The molecule has 0 aliphatic carbocycles. The molecule has 1 amide bonds. The van der Waals surface area contributed by atoms with Crippen LogP contribution in [0.25, 0.3) is 0 Å². The average Bonchev–Trinajstić information content (AvgIpc) is 2.57. The van der Waals surface area contributed by atoms with Crippen molar-refractivity contribution < 1.29 is 4.79 Å². The number of nitrogens with one attached hydrogen (secondary N) is 1. The molecule has 1 aliphatic heterocycles. The summed E-state index contributed by atoms with van der Waals surface area (Å²) in [7, 11) is 0. The minimum atomic E-state index is 0.0231. The summed E-state index contributed by atoms with van der Waals surface area (Å²) in [6.07, 6.45) is 0. The van der Waals surface area contributed by atoms with Crippen LogP contribution in [0.15, 0.2) is 6.07 Å². The van der Waals surface area contributed by atoms with Gasteiger partial charge in [-0.15, -0.1) is 11.3 Å². The summed E-state index contributed by atoms with van der Waals surface area (Å²) >= 11 is 1.60. The van der Waals surface area contributed by atoms with Crippen LogP contribution in [0.3, 0.4) is 0 Å². The zero-order valence-corrected chi connectivity index (χ0v) is 11.8. The smallest absolute Gasteiger partial charge is 0.264 e. The van der Waals surface area contributed by atoms with E-state index in [-0.39, 0.29) is 11.4 Å². The van der Waals surface area contributed by atoms with E-state index < -0.39 is 0 Å². The van der Waals surface area contributed by atoms with Crippen LogP contribution in [0.5, 0.6) is 0 Å². The Hall–Kier alpha value is -0.870. The highest BCUT2D eigenvalue weighted by atomic mass is 32.1. The molecular formula is C13H20N2OS. The number of thiophene rings is 1. The average molecular weight is 252 g/mol. The van der Waals surface area contributed by atoms with Gasteiger partial charge < -0.3 is 10.2 Å². The molecule has 1 N–H and O–H groups in total. The normalized spacial score (nSPS) is 19.4. The summed E-state index contributed by atoms with van der Waals surface area (Å²) < 4.78 is 0. The SMILES string of the molecule is Cc1cc(C(=O)N2CCNC(C)(C)C2)sc1C. The van der Waals surface area contributed by atoms with Crippen LogP contribution in [0.2, 0.25) is 0 Å². The van der Waals surface area contributed by atoms with E-state index in [0.717, 1.165) is 24.5 Å². The Morgan fingerprint density at radius 2 is 2.18 bits per heavy atom. The van der Waals surface area contributed by atoms with Gasteiger partial charge in [-0.2, -0.15) is 0 Å². The van der Waals surface area contributed by atoms with E-state index in [9.17, 15) is 4.79 Å². The second kappa shape index (κ2) is 4.42. The minimum absolute atomic E-state index is 0.0231. The molecular weight excluding hydrogens is 232 g/mol. The van der Waals surface area contributed by atoms with Gasteiger partial charge in [-0.1, -0.05) is 0 Å². The van der Waals surface area contributed by atoms with Crippen LogP contribution in [0, 0.1) is 13.8 Å². The molecule has 0 radical (unpaired) electrons. The predicted molar refractivity (Wildman–Crippen MR) is 71.8 cm³/mol. The van der Waals surface area contributed by atoms with Crippen LogP contribution >= 0.6 is 11.3 Å². The van der Waals surface area contributed by atoms with Gasteiger partial charge in [0.25, 0.3) is 5.91 Å². The molecule has 17 heavy (non-hydrogen) atoms. The topological polar surface area (TPSA) is 32.3 Å². The first-order valence-corrected chi connectivity index (χ1v) is 6.82. The van der Waals surface area contributed by atoms with E-state index in [1.807, 2.05) is 11.0 Å².